The van der Waals surface area contributed by atoms with Crippen LogP contribution in [0.25, 0.3) is 22.5 Å². The van der Waals surface area contributed by atoms with Crippen molar-refractivity contribution in [2.45, 2.75) is 45.1 Å². The van der Waals surface area contributed by atoms with E-state index in [2.05, 4.69) is 131 Å². The number of nitrogens with one attached hydrogen (secondary N) is 1. The van der Waals surface area contributed by atoms with Crippen molar-refractivity contribution in [2.24, 2.45) is 0 Å². The summed E-state index contributed by atoms with van der Waals surface area (Å²) in [7, 11) is 0. The number of nitrogens with zero attached hydrogens (tertiary/aromatic N) is 5. The van der Waals surface area contributed by atoms with Gasteiger partial charge in [-0.2, -0.15) is 0 Å². The lowest BCUT2D eigenvalue weighted by Crippen LogP contribution is -2.39. The van der Waals surface area contributed by atoms with Gasteiger partial charge in [-0.1, -0.05) is 153 Å². The van der Waals surface area contributed by atoms with E-state index in [4.69, 9.17) is 10.3 Å². The first-order valence-electron chi connectivity index (χ1n) is 16.8. The summed E-state index contributed by atoms with van der Waals surface area (Å²) < 4.78 is 1.97. The molecule has 242 valence electrons. The van der Waals surface area contributed by atoms with Crippen molar-refractivity contribution in [3.63, 3.8) is 0 Å². The van der Waals surface area contributed by atoms with Crippen LogP contribution >= 0.6 is 0 Å². The molecule has 0 aliphatic carbocycles. The largest absolute Gasteiger partial charge is 0.311 e. The maximum absolute atomic E-state index is 13.0. The molecule has 5 aromatic carbocycles. The molecule has 0 unspecified atom stereocenters. The van der Waals surface area contributed by atoms with Gasteiger partial charge in [0.15, 0.2) is 5.82 Å². The van der Waals surface area contributed by atoms with Gasteiger partial charge in [-0.05, 0) is 63.6 Å². The second-order valence-electron chi connectivity index (χ2n) is 12.3. The molecule has 0 fully saturated rings. The monoisotopic (exact) mass is 642 g/mol. The van der Waals surface area contributed by atoms with Gasteiger partial charge in [-0.25, -0.2) is 9.67 Å². The molecule has 0 bridgehead atoms. The van der Waals surface area contributed by atoms with Crippen LogP contribution in [0.2, 0.25) is 0 Å². The Morgan fingerprint density at radius 2 is 1.24 bits per heavy atom. The summed E-state index contributed by atoms with van der Waals surface area (Å²) >= 11 is 0. The number of H-pyrrole nitrogens is 1. The standard InChI is InChI=1S/C42H38N6O/c1-3-4-24-39-38(41(49)44-30(2)43-39)29-31-25-27-32(28-26-31)36-22-14-15-23-37(36)40-45-46-47-48(40)42(33-16-8-5-9-17-33,34-18-10-6-11-19-34)35-20-12-7-13-21-35/h5-23,25-28H,3-4,24,29H2,1-2H3,(H,43,44,49). The Morgan fingerprint density at radius 1 is 0.694 bits per heavy atom. The molecule has 2 aromatic heterocycles. The summed E-state index contributed by atoms with van der Waals surface area (Å²) in [5.41, 5.74) is 7.85. The molecular formula is C42H38N6O. The summed E-state index contributed by atoms with van der Waals surface area (Å²) in [6.07, 6.45) is 3.37. The molecule has 0 aliphatic rings. The number of rotatable bonds is 11. The van der Waals surface area contributed by atoms with Crippen LogP contribution in [-0.2, 0) is 18.4 Å². The van der Waals surface area contributed by atoms with Crippen molar-refractivity contribution in [3.8, 4) is 22.5 Å². The van der Waals surface area contributed by atoms with E-state index >= 15 is 0 Å². The third-order valence-corrected chi connectivity index (χ3v) is 9.16. The van der Waals surface area contributed by atoms with Gasteiger partial charge in [0.2, 0.25) is 0 Å². The minimum absolute atomic E-state index is 0.0569. The number of aromatic nitrogens is 6. The van der Waals surface area contributed by atoms with E-state index in [1.165, 1.54) is 0 Å². The summed E-state index contributed by atoms with van der Waals surface area (Å²) in [5.74, 6) is 1.30. The van der Waals surface area contributed by atoms with Crippen molar-refractivity contribution < 1.29 is 0 Å². The fourth-order valence-corrected chi connectivity index (χ4v) is 6.82. The Hall–Kier alpha value is -5.95. The van der Waals surface area contributed by atoms with Crippen LogP contribution in [0.4, 0.5) is 0 Å². The van der Waals surface area contributed by atoms with Crippen molar-refractivity contribution in [2.75, 3.05) is 0 Å². The molecule has 1 N–H and O–H groups in total. The first kappa shape index (κ1) is 31.6. The SMILES string of the molecule is CCCCc1nc(C)[nH]c(=O)c1Cc1ccc(-c2ccccc2-c2nnnn2C(c2ccccc2)(c2ccccc2)c2ccccc2)cc1. The number of tetrazole rings is 1. The molecule has 7 rings (SSSR count). The van der Waals surface area contributed by atoms with E-state index in [0.29, 0.717) is 18.1 Å². The maximum atomic E-state index is 13.0. The van der Waals surface area contributed by atoms with Gasteiger partial charge in [0, 0.05) is 17.5 Å². The first-order chi connectivity index (χ1) is 24.1. The molecule has 0 radical (unpaired) electrons. The van der Waals surface area contributed by atoms with Gasteiger partial charge in [-0.15, -0.1) is 5.10 Å². The highest BCUT2D eigenvalue weighted by atomic mass is 16.1. The zero-order chi connectivity index (χ0) is 33.6. The molecule has 0 spiro atoms. The molecule has 0 saturated heterocycles. The highest BCUT2D eigenvalue weighted by Gasteiger charge is 2.42. The van der Waals surface area contributed by atoms with Gasteiger partial charge in [0.25, 0.3) is 5.56 Å². The lowest BCUT2D eigenvalue weighted by molar-refractivity contribution is 0.451. The van der Waals surface area contributed by atoms with Crippen molar-refractivity contribution in [3.05, 3.63) is 189 Å². The molecule has 7 aromatic rings. The first-order valence-corrected chi connectivity index (χ1v) is 16.8. The van der Waals surface area contributed by atoms with E-state index in [0.717, 1.165) is 69.5 Å². The van der Waals surface area contributed by atoms with Gasteiger partial charge in [-0.3, -0.25) is 4.79 Å². The van der Waals surface area contributed by atoms with Crippen molar-refractivity contribution in [1.29, 1.82) is 0 Å². The summed E-state index contributed by atoms with van der Waals surface area (Å²) in [6.45, 7) is 3.99. The topological polar surface area (TPSA) is 89.3 Å². The maximum Gasteiger partial charge on any atom is 0.254 e. The molecule has 0 amide bonds. The quantitative estimate of drug-likeness (QED) is 0.144. The minimum atomic E-state index is -0.857. The van der Waals surface area contributed by atoms with Crippen molar-refractivity contribution in [1.82, 2.24) is 30.2 Å². The zero-order valence-corrected chi connectivity index (χ0v) is 27.8. The number of hydrogen-bond acceptors (Lipinski definition) is 5. The van der Waals surface area contributed by atoms with Crippen LogP contribution in [0.5, 0.6) is 0 Å². The Balaban J connectivity index is 1.34. The fraction of sp³-hybridized carbons (Fsp3) is 0.167. The highest BCUT2D eigenvalue weighted by molar-refractivity contribution is 5.81. The van der Waals surface area contributed by atoms with Crippen LogP contribution < -0.4 is 5.56 Å². The van der Waals surface area contributed by atoms with Crippen LogP contribution in [0, 0.1) is 6.92 Å². The summed E-state index contributed by atoms with van der Waals surface area (Å²) in [5, 5.41) is 13.8. The van der Waals surface area contributed by atoms with E-state index in [9.17, 15) is 4.79 Å². The molecule has 0 saturated carbocycles. The van der Waals surface area contributed by atoms with Crippen molar-refractivity contribution >= 4 is 0 Å². The lowest BCUT2D eigenvalue weighted by Gasteiger charge is -2.36. The Labute approximate surface area is 286 Å². The zero-order valence-electron chi connectivity index (χ0n) is 27.8. The third kappa shape index (κ3) is 6.11. The van der Waals surface area contributed by atoms with Crippen LogP contribution in [0.3, 0.4) is 0 Å². The van der Waals surface area contributed by atoms with E-state index in [1.54, 1.807) is 0 Å². The minimum Gasteiger partial charge on any atom is -0.311 e. The molecule has 7 heteroatoms. The number of aromatic amines is 1. The third-order valence-electron chi connectivity index (χ3n) is 9.16. The van der Waals surface area contributed by atoms with E-state index in [1.807, 2.05) is 41.9 Å². The van der Waals surface area contributed by atoms with Crippen LogP contribution in [0.1, 0.15) is 59.1 Å². The second kappa shape index (κ2) is 14.0. The van der Waals surface area contributed by atoms with Crippen LogP contribution in [-0.4, -0.2) is 30.2 Å². The Morgan fingerprint density at radius 3 is 1.82 bits per heavy atom. The molecule has 2 heterocycles. The molecule has 7 nitrogen and oxygen atoms in total. The number of benzene rings is 5. The fourth-order valence-electron chi connectivity index (χ4n) is 6.82. The summed E-state index contributed by atoms with van der Waals surface area (Å²) in [6, 6.07) is 47.9. The van der Waals surface area contributed by atoms with Gasteiger partial charge in [0.1, 0.15) is 11.4 Å². The lowest BCUT2D eigenvalue weighted by atomic mass is 9.77. The van der Waals surface area contributed by atoms with Gasteiger partial charge < -0.3 is 4.98 Å². The predicted octanol–water partition coefficient (Wildman–Crippen LogP) is 8.17. The molecule has 49 heavy (non-hydrogen) atoms. The number of unbranched alkanes of at least 4 members (excludes halogenated alkanes) is 1. The van der Waals surface area contributed by atoms with Gasteiger partial charge in [0.05, 0.1) is 5.69 Å². The van der Waals surface area contributed by atoms with Crippen LogP contribution in [0.15, 0.2) is 144 Å². The molecule has 0 atom stereocenters. The second-order valence-corrected chi connectivity index (χ2v) is 12.3. The average Bonchev–Trinajstić information content (AvgIpc) is 3.64. The Kier molecular flexibility index (Phi) is 9.06. The number of aryl methyl sites for hydroxylation is 2. The molecule has 0 aliphatic heterocycles. The highest BCUT2D eigenvalue weighted by Crippen LogP contribution is 2.43. The van der Waals surface area contributed by atoms with E-state index < -0.39 is 5.54 Å². The Bertz CT molecular complexity index is 2110. The van der Waals surface area contributed by atoms with Gasteiger partial charge >= 0.3 is 0 Å². The normalized spacial score (nSPS) is 11.5. The predicted molar refractivity (Wildman–Crippen MR) is 194 cm³/mol. The average molecular weight is 643 g/mol. The number of hydrogen-bond donors (Lipinski definition) is 1. The smallest absolute Gasteiger partial charge is 0.254 e. The molecular weight excluding hydrogens is 605 g/mol. The van der Waals surface area contributed by atoms with E-state index in [-0.39, 0.29) is 5.56 Å². The summed E-state index contributed by atoms with van der Waals surface area (Å²) in [4.78, 5) is 20.6.